The third-order valence-electron chi connectivity index (χ3n) is 1.97. The molecule has 0 aliphatic carbocycles. The Hall–Kier alpha value is -1.59. The van der Waals surface area contributed by atoms with Crippen LogP contribution >= 0.6 is 0 Å². The minimum atomic E-state index is -0.472. The highest BCUT2D eigenvalue weighted by molar-refractivity contribution is 5.74. The highest BCUT2D eigenvalue weighted by atomic mass is 16.5. The smallest absolute Gasteiger partial charge is 0.243 e. The molecule has 0 atom stereocenters. The van der Waals surface area contributed by atoms with Crippen molar-refractivity contribution in [3.63, 3.8) is 0 Å². The van der Waals surface area contributed by atoms with Gasteiger partial charge in [-0.05, 0) is 6.07 Å². The summed E-state index contributed by atoms with van der Waals surface area (Å²) < 4.78 is 4.96. The lowest BCUT2D eigenvalue weighted by Gasteiger charge is -2.06. The van der Waals surface area contributed by atoms with E-state index >= 15 is 0 Å². The van der Waals surface area contributed by atoms with Gasteiger partial charge in [0.05, 0.1) is 6.61 Å². The van der Waals surface area contributed by atoms with Crippen LogP contribution in [0.15, 0.2) is 24.3 Å². The van der Waals surface area contributed by atoms with Crippen LogP contribution < -0.4 is 11.1 Å². The van der Waals surface area contributed by atoms with E-state index in [0.717, 1.165) is 5.56 Å². The van der Waals surface area contributed by atoms with Gasteiger partial charge in [0.1, 0.15) is 12.4 Å². The van der Waals surface area contributed by atoms with E-state index in [4.69, 9.17) is 10.5 Å². The number of amides is 1. The van der Waals surface area contributed by atoms with E-state index in [0.29, 0.717) is 19.7 Å². The van der Waals surface area contributed by atoms with E-state index in [1.54, 1.807) is 12.1 Å². The highest BCUT2D eigenvalue weighted by Gasteiger charge is 1.98. The van der Waals surface area contributed by atoms with Crippen LogP contribution in [0.5, 0.6) is 5.75 Å². The number of nitrogens with two attached hydrogens (primary N) is 1. The number of para-hydroxylation sites is 1. The average Bonchev–Trinajstić information content (AvgIpc) is 2.25. The largest absolute Gasteiger partial charge is 0.508 e. The predicted molar refractivity (Wildman–Crippen MR) is 59.8 cm³/mol. The molecule has 0 bridgehead atoms. The summed E-state index contributed by atoms with van der Waals surface area (Å²) in [6, 6.07) is 7.11. The van der Waals surface area contributed by atoms with Crippen LogP contribution in [0.1, 0.15) is 5.56 Å². The van der Waals surface area contributed by atoms with E-state index in [1.807, 2.05) is 12.1 Å². The van der Waals surface area contributed by atoms with Gasteiger partial charge in [-0.15, -0.1) is 0 Å². The van der Waals surface area contributed by atoms with Crippen molar-refractivity contribution in [2.24, 2.45) is 5.73 Å². The number of aromatic hydroxyl groups is 1. The molecule has 0 saturated carbocycles. The zero-order valence-corrected chi connectivity index (χ0v) is 8.98. The lowest BCUT2D eigenvalue weighted by Crippen LogP contribution is -2.23. The Balaban J connectivity index is 2.12. The maximum atomic E-state index is 10.3. The van der Waals surface area contributed by atoms with Gasteiger partial charge in [-0.25, -0.2) is 0 Å². The van der Waals surface area contributed by atoms with Crippen LogP contribution in [-0.4, -0.2) is 30.8 Å². The Kier molecular flexibility index (Phi) is 5.31. The molecule has 0 fully saturated rings. The van der Waals surface area contributed by atoms with Crippen LogP contribution in [0.25, 0.3) is 0 Å². The normalized spacial score (nSPS) is 10.2. The van der Waals surface area contributed by atoms with Crippen molar-refractivity contribution in [2.75, 3.05) is 19.8 Å². The molecule has 0 spiro atoms. The first-order chi connectivity index (χ1) is 7.70. The number of phenols is 1. The third-order valence-corrected chi connectivity index (χ3v) is 1.97. The molecule has 16 heavy (non-hydrogen) atoms. The summed E-state index contributed by atoms with van der Waals surface area (Å²) in [4.78, 5) is 10.3. The van der Waals surface area contributed by atoms with Gasteiger partial charge in [-0.2, -0.15) is 0 Å². The van der Waals surface area contributed by atoms with Gasteiger partial charge in [0, 0.05) is 18.7 Å². The van der Waals surface area contributed by atoms with E-state index in [9.17, 15) is 9.90 Å². The first-order valence-corrected chi connectivity index (χ1v) is 5.04. The molecule has 88 valence electrons. The summed E-state index contributed by atoms with van der Waals surface area (Å²) in [6.07, 6.45) is 0. The molecule has 1 amide bonds. The second-order valence-corrected chi connectivity index (χ2v) is 3.32. The van der Waals surface area contributed by atoms with Crippen molar-refractivity contribution in [3.8, 4) is 5.75 Å². The monoisotopic (exact) mass is 224 g/mol. The number of carbonyl (C=O) groups excluding carboxylic acids is 1. The first kappa shape index (κ1) is 12.5. The Morgan fingerprint density at radius 2 is 2.19 bits per heavy atom. The summed E-state index contributed by atoms with van der Waals surface area (Å²) in [5.74, 6) is -0.200. The van der Waals surface area contributed by atoms with Crippen molar-refractivity contribution >= 4 is 5.91 Å². The second kappa shape index (κ2) is 6.81. The SMILES string of the molecule is NC(=O)COCCNCc1ccccc1O. The fourth-order valence-corrected chi connectivity index (χ4v) is 1.20. The Labute approximate surface area is 94.2 Å². The predicted octanol–water partition coefficient (Wildman–Crippen LogP) is -0.0163. The molecule has 0 radical (unpaired) electrons. The molecule has 5 nitrogen and oxygen atoms in total. The van der Waals surface area contributed by atoms with Crippen molar-refractivity contribution in [2.45, 2.75) is 6.54 Å². The van der Waals surface area contributed by atoms with Crippen molar-refractivity contribution in [1.29, 1.82) is 0 Å². The standard InChI is InChI=1S/C11H16N2O3/c12-11(15)8-16-6-5-13-7-9-3-1-2-4-10(9)14/h1-4,13-14H,5-8H2,(H2,12,15). The molecule has 1 aromatic carbocycles. The van der Waals surface area contributed by atoms with Gasteiger partial charge < -0.3 is 20.9 Å². The molecule has 0 aliphatic heterocycles. The number of primary amides is 1. The average molecular weight is 224 g/mol. The Morgan fingerprint density at radius 1 is 1.44 bits per heavy atom. The first-order valence-electron chi connectivity index (χ1n) is 5.04. The minimum Gasteiger partial charge on any atom is -0.508 e. The number of carbonyl (C=O) groups is 1. The molecule has 0 aliphatic rings. The molecule has 0 aromatic heterocycles. The number of benzene rings is 1. The zero-order chi connectivity index (χ0) is 11.8. The molecule has 0 unspecified atom stereocenters. The van der Waals surface area contributed by atoms with Gasteiger partial charge in [0.15, 0.2) is 0 Å². The molecule has 5 heteroatoms. The number of hydrogen-bond donors (Lipinski definition) is 3. The van der Waals surface area contributed by atoms with E-state index in [1.165, 1.54) is 0 Å². The number of hydrogen-bond acceptors (Lipinski definition) is 4. The van der Waals surface area contributed by atoms with E-state index in [2.05, 4.69) is 5.32 Å². The Morgan fingerprint density at radius 3 is 2.88 bits per heavy atom. The van der Waals surface area contributed by atoms with Gasteiger partial charge in [0.2, 0.25) is 5.91 Å². The quantitative estimate of drug-likeness (QED) is 0.568. The van der Waals surface area contributed by atoms with Crippen LogP contribution in [0.3, 0.4) is 0 Å². The zero-order valence-electron chi connectivity index (χ0n) is 8.98. The van der Waals surface area contributed by atoms with Crippen LogP contribution in [0.2, 0.25) is 0 Å². The fourth-order valence-electron chi connectivity index (χ4n) is 1.20. The van der Waals surface area contributed by atoms with E-state index in [-0.39, 0.29) is 12.4 Å². The lowest BCUT2D eigenvalue weighted by atomic mass is 10.2. The number of rotatable bonds is 7. The molecule has 1 aromatic rings. The fraction of sp³-hybridized carbons (Fsp3) is 0.364. The molecule has 0 heterocycles. The maximum Gasteiger partial charge on any atom is 0.243 e. The van der Waals surface area contributed by atoms with Gasteiger partial charge in [-0.3, -0.25) is 4.79 Å². The van der Waals surface area contributed by atoms with Crippen molar-refractivity contribution < 1.29 is 14.6 Å². The number of ether oxygens (including phenoxy) is 1. The topological polar surface area (TPSA) is 84.6 Å². The maximum absolute atomic E-state index is 10.3. The Bertz CT molecular complexity index is 342. The minimum absolute atomic E-state index is 0.0573. The van der Waals surface area contributed by atoms with E-state index < -0.39 is 5.91 Å². The molecular weight excluding hydrogens is 208 g/mol. The molecule has 1 rings (SSSR count). The van der Waals surface area contributed by atoms with Crippen LogP contribution in [0.4, 0.5) is 0 Å². The summed E-state index contributed by atoms with van der Waals surface area (Å²) in [5, 5.41) is 12.5. The van der Waals surface area contributed by atoms with Crippen molar-refractivity contribution in [1.82, 2.24) is 5.32 Å². The second-order valence-electron chi connectivity index (χ2n) is 3.32. The van der Waals surface area contributed by atoms with Gasteiger partial charge in [-0.1, -0.05) is 18.2 Å². The summed E-state index contributed by atoms with van der Waals surface area (Å²) in [6.45, 7) is 1.52. The molecule has 0 saturated heterocycles. The van der Waals surface area contributed by atoms with Gasteiger partial charge in [0.25, 0.3) is 0 Å². The highest BCUT2D eigenvalue weighted by Crippen LogP contribution is 2.14. The summed E-state index contributed by atoms with van der Waals surface area (Å²) in [5.41, 5.74) is 5.73. The number of nitrogens with one attached hydrogen (secondary N) is 1. The third kappa shape index (κ3) is 4.77. The van der Waals surface area contributed by atoms with Crippen molar-refractivity contribution in [3.05, 3.63) is 29.8 Å². The number of phenolic OH excluding ortho intramolecular Hbond substituents is 1. The van der Waals surface area contributed by atoms with Crippen LogP contribution in [-0.2, 0) is 16.1 Å². The van der Waals surface area contributed by atoms with Gasteiger partial charge >= 0.3 is 0 Å². The summed E-state index contributed by atoms with van der Waals surface area (Å²) >= 11 is 0. The molecular formula is C11H16N2O3. The lowest BCUT2D eigenvalue weighted by molar-refractivity contribution is -0.122. The molecule has 4 N–H and O–H groups in total. The van der Waals surface area contributed by atoms with Crippen LogP contribution in [0, 0.1) is 0 Å². The summed E-state index contributed by atoms with van der Waals surface area (Å²) in [7, 11) is 0.